The molecular formula is C27H25BrFN3O3. The van der Waals surface area contributed by atoms with Crippen molar-refractivity contribution in [1.82, 2.24) is 14.5 Å². The topological polar surface area (TPSA) is 77.2 Å². The van der Waals surface area contributed by atoms with Gasteiger partial charge in [0.15, 0.2) is 0 Å². The average molecular weight is 538 g/mol. The number of hydrogen-bond acceptors (Lipinski definition) is 4. The van der Waals surface area contributed by atoms with Crippen molar-refractivity contribution < 1.29 is 19.0 Å². The Morgan fingerprint density at radius 3 is 2.66 bits per heavy atom. The van der Waals surface area contributed by atoms with Crippen molar-refractivity contribution in [3.63, 3.8) is 0 Å². The van der Waals surface area contributed by atoms with E-state index in [0.717, 1.165) is 16.8 Å². The fourth-order valence-corrected chi connectivity index (χ4v) is 5.09. The van der Waals surface area contributed by atoms with E-state index < -0.39 is 17.3 Å². The number of aliphatic carboxylic acids is 1. The van der Waals surface area contributed by atoms with Crippen molar-refractivity contribution in [1.29, 1.82) is 0 Å². The number of imidazole rings is 1. The van der Waals surface area contributed by atoms with Crippen molar-refractivity contribution in [2.45, 2.75) is 39.8 Å². The van der Waals surface area contributed by atoms with Gasteiger partial charge in [-0.1, -0.05) is 41.9 Å². The highest BCUT2D eigenvalue weighted by Crippen LogP contribution is 2.64. The molecule has 0 unspecified atom stereocenters. The molecule has 1 saturated carbocycles. The van der Waals surface area contributed by atoms with E-state index in [1.54, 1.807) is 18.3 Å². The van der Waals surface area contributed by atoms with Crippen LogP contribution in [0.3, 0.4) is 0 Å². The van der Waals surface area contributed by atoms with Gasteiger partial charge in [-0.25, -0.2) is 9.37 Å². The normalized spacial score (nSPS) is 18.5. The highest BCUT2D eigenvalue weighted by Gasteiger charge is 2.64. The molecule has 2 atom stereocenters. The molecule has 1 aliphatic carbocycles. The van der Waals surface area contributed by atoms with Crippen molar-refractivity contribution in [2.75, 3.05) is 0 Å². The summed E-state index contributed by atoms with van der Waals surface area (Å²) in [5.74, 6) is -0.716. The zero-order valence-corrected chi connectivity index (χ0v) is 21.2. The lowest BCUT2D eigenvalue weighted by molar-refractivity contribution is -0.139. The van der Waals surface area contributed by atoms with Gasteiger partial charge in [-0.05, 0) is 48.2 Å². The lowest BCUT2D eigenvalue weighted by Gasteiger charge is -2.12. The molecule has 2 heterocycles. The van der Waals surface area contributed by atoms with Gasteiger partial charge in [0, 0.05) is 28.2 Å². The number of hydrogen-bond donors (Lipinski definition) is 1. The Balaban J connectivity index is 1.54. The molecule has 2 aromatic carbocycles. The molecule has 0 radical (unpaired) electrons. The van der Waals surface area contributed by atoms with E-state index in [2.05, 4.69) is 20.9 Å². The van der Waals surface area contributed by atoms with Crippen LogP contribution < -0.4 is 4.74 Å². The summed E-state index contributed by atoms with van der Waals surface area (Å²) in [5.41, 5.74) is 3.42. The molecule has 0 amide bonds. The summed E-state index contributed by atoms with van der Waals surface area (Å²) >= 11 is 3.30. The first-order valence-electron chi connectivity index (χ1n) is 11.4. The minimum Gasteiger partial charge on any atom is -0.487 e. The van der Waals surface area contributed by atoms with E-state index in [9.17, 15) is 14.3 Å². The van der Waals surface area contributed by atoms with Gasteiger partial charge in [-0.2, -0.15) is 0 Å². The molecule has 35 heavy (non-hydrogen) atoms. The van der Waals surface area contributed by atoms with Crippen LogP contribution in [-0.2, 0) is 17.9 Å². The summed E-state index contributed by atoms with van der Waals surface area (Å²) in [6.07, 6.45) is 1.80. The van der Waals surface area contributed by atoms with Crippen LogP contribution in [0.5, 0.6) is 5.75 Å². The van der Waals surface area contributed by atoms with Gasteiger partial charge >= 0.3 is 5.97 Å². The van der Waals surface area contributed by atoms with Crippen LogP contribution in [0.2, 0.25) is 0 Å². The quantitative estimate of drug-likeness (QED) is 0.308. The van der Waals surface area contributed by atoms with Gasteiger partial charge in [0.25, 0.3) is 0 Å². The number of benzene rings is 2. The maximum Gasteiger partial charge on any atom is 0.307 e. The van der Waals surface area contributed by atoms with Crippen LogP contribution in [0.4, 0.5) is 4.39 Å². The van der Waals surface area contributed by atoms with E-state index in [1.165, 1.54) is 6.07 Å². The van der Waals surface area contributed by atoms with Crippen molar-refractivity contribution in [2.24, 2.45) is 11.3 Å². The number of carboxylic acid groups (broad SMARTS) is 1. The Hall–Kier alpha value is -3.26. The van der Waals surface area contributed by atoms with Crippen LogP contribution in [0.15, 0.2) is 59.2 Å². The molecule has 0 spiro atoms. The smallest absolute Gasteiger partial charge is 0.307 e. The second-order valence-electron chi connectivity index (χ2n) is 9.67. The number of carboxylic acids is 1. The van der Waals surface area contributed by atoms with E-state index >= 15 is 0 Å². The monoisotopic (exact) mass is 537 g/mol. The third-order valence-electron chi connectivity index (χ3n) is 6.82. The van der Waals surface area contributed by atoms with Gasteiger partial charge in [0.05, 0.1) is 29.2 Å². The summed E-state index contributed by atoms with van der Waals surface area (Å²) in [6, 6.07) is 14.4. The Morgan fingerprint density at radius 1 is 1.20 bits per heavy atom. The summed E-state index contributed by atoms with van der Waals surface area (Å²) < 4.78 is 23.3. The molecule has 0 saturated heterocycles. The zero-order valence-electron chi connectivity index (χ0n) is 19.6. The van der Waals surface area contributed by atoms with Gasteiger partial charge in [-0.3, -0.25) is 9.78 Å². The predicted molar refractivity (Wildman–Crippen MR) is 134 cm³/mol. The SMILES string of the molecule is Cc1ccc(COc2ccc3nc([C@@H]4[C@H](C(=O)O)C4(C)C)n(Cc4ccc(Br)cc4F)c3c2)nc1. The number of ether oxygens (including phenoxy) is 1. The Bertz CT molecular complexity index is 1430. The van der Waals surface area contributed by atoms with Crippen molar-refractivity contribution in [3.05, 3.63) is 87.7 Å². The molecule has 1 fully saturated rings. The van der Waals surface area contributed by atoms with Crippen LogP contribution in [0.1, 0.15) is 42.4 Å². The Kier molecular flexibility index (Phi) is 5.87. The van der Waals surface area contributed by atoms with Gasteiger partial charge < -0.3 is 14.4 Å². The molecule has 4 aromatic rings. The third-order valence-corrected chi connectivity index (χ3v) is 7.32. The number of fused-ring (bicyclic) bond motifs is 1. The van der Waals surface area contributed by atoms with Crippen LogP contribution in [-0.4, -0.2) is 25.6 Å². The molecule has 2 aromatic heterocycles. The molecule has 1 N–H and O–H groups in total. The first-order chi connectivity index (χ1) is 16.6. The van der Waals surface area contributed by atoms with Gasteiger partial charge in [0.1, 0.15) is 24.0 Å². The lowest BCUT2D eigenvalue weighted by atomic mass is 10.1. The summed E-state index contributed by atoms with van der Waals surface area (Å²) in [6.45, 7) is 6.39. The first-order valence-corrected chi connectivity index (χ1v) is 12.2. The fraction of sp³-hybridized carbons (Fsp3) is 0.296. The van der Waals surface area contributed by atoms with Crippen molar-refractivity contribution >= 4 is 32.9 Å². The lowest BCUT2D eigenvalue weighted by Crippen LogP contribution is -2.08. The minimum absolute atomic E-state index is 0.229. The number of rotatable bonds is 7. The Morgan fingerprint density at radius 2 is 2.00 bits per heavy atom. The second kappa shape index (κ2) is 8.75. The van der Waals surface area contributed by atoms with Crippen LogP contribution in [0, 0.1) is 24.1 Å². The van der Waals surface area contributed by atoms with Crippen LogP contribution >= 0.6 is 15.9 Å². The average Bonchev–Trinajstić information content (AvgIpc) is 3.22. The van der Waals surface area contributed by atoms with E-state index in [4.69, 9.17) is 9.72 Å². The highest BCUT2D eigenvalue weighted by molar-refractivity contribution is 9.10. The summed E-state index contributed by atoms with van der Waals surface area (Å²) in [4.78, 5) is 21.1. The highest BCUT2D eigenvalue weighted by atomic mass is 79.9. The number of carbonyl (C=O) groups is 1. The zero-order chi connectivity index (χ0) is 24.9. The molecule has 5 rings (SSSR count). The summed E-state index contributed by atoms with van der Waals surface area (Å²) in [7, 11) is 0. The first kappa shape index (κ1) is 23.5. The number of halogens is 2. The van der Waals surface area contributed by atoms with E-state index in [0.29, 0.717) is 33.7 Å². The Labute approximate surface area is 210 Å². The van der Waals surface area contributed by atoms with Crippen molar-refractivity contribution in [3.8, 4) is 5.75 Å². The molecule has 180 valence electrons. The standard InChI is InChI=1S/C27H25BrFN3O3/c1-15-4-7-18(30-12-15)14-35-19-8-9-21-22(11-19)32(13-16-5-6-17(28)10-20(16)29)25(31-21)23-24(26(33)34)27(23,2)3/h4-12,23-24H,13-14H2,1-3H3,(H,33,34)/t23-,24+/m0/s1. The predicted octanol–water partition coefficient (Wildman–Crippen LogP) is 6.09. The third kappa shape index (κ3) is 4.43. The van der Waals surface area contributed by atoms with Crippen LogP contribution in [0.25, 0.3) is 11.0 Å². The van der Waals surface area contributed by atoms with E-state index in [-0.39, 0.29) is 18.3 Å². The molecule has 0 bridgehead atoms. The number of pyridine rings is 1. The molecular weight excluding hydrogens is 513 g/mol. The molecule has 8 heteroatoms. The molecule has 6 nitrogen and oxygen atoms in total. The maximum atomic E-state index is 14.8. The second-order valence-corrected chi connectivity index (χ2v) is 10.6. The fourth-order valence-electron chi connectivity index (χ4n) is 4.76. The van der Waals surface area contributed by atoms with E-state index in [1.807, 2.05) is 55.7 Å². The number of aryl methyl sites for hydroxylation is 1. The van der Waals surface area contributed by atoms with Gasteiger partial charge in [0.2, 0.25) is 0 Å². The largest absolute Gasteiger partial charge is 0.487 e. The summed E-state index contributed by atoms with van der Waals surface area (Å²) in [5, 5.41) is 9.76. The van der Waals surface area contributed by atoms with Gasteiger partial charge in [-0.15, -0.1) is 0 Å². The molecule has 1 aliphatic rings. The number of aromatic nitrogens is 3. The minimum atomic E-state index is -0.844. The number of nitrogens with zero attached hydrogens (tertiary/aromatic N) is 3. The maximum absolute atomic E-state index is 14.8. The molecule has 0 aliphatic heterocycles.